The molecule has 2 aliphatic heterocycles. The number of aryl methyl sites for hydroxylation is 1. The predicted octanol–water partition coefficient (Wildman–Crippen LogP) is 2.18. The van der Waals surface area contributed by atoms with Gasteiger partial charge in [0.15, 0.2) is 11.8 Å². The molecule has 0 spiro atoms. The lowest BCUT2D eigenvalue weighted by Gasteiger charge is -2.37. The van der Waals surface area contributed by atoms with E-state index in [2.05, 4.69) is 25.0 Å². The van der Waals surface area contributed by atoms with Crippen LogP contribution in [0.3, 0.4) is 0 Å². The molecular formula is C20H27F2N7. The Kier molecular flexibility index (Phi) is 5.92. The number of aromatic nitrogens is 3. The second-order valence-corrected chi connectivity index (χ2v) is 7.38. The van der Waals surface area contributed by atoms with Gasteiger partial charge in [0.2, 0.25) is 0 Å². The maximum atomic E-state index is 14.1. The van der Waals surface area contributed by atoms with Crippen molar-refractivity contribution in [3.05, 3.63) is 41.5 Å². The van der Waals surface area contributed by atoms with Gasteiger partial charge < -0.3 is 19.7 Å². The SMILES string of the molecule is CCNC(=NCc1nnc2n1CCCC2)N1CCN(c2cc(F)ccc2F)CC1. The molecule has 0 bridgehead atoms. The minimum Gasteiger partial charge on any atom is -0.366 e. The summed E-state index contributed by atoms with van der Waals surface area (Å²) in [6.45, 7) is 6.80. The van der Waals surface area contributed by atoms with E-state index in [0.29, 0.717) is 38.4 Å². The fraction of sp³-hybridized carbons (Fsp3) is 0.550. The highest BCUT2D eigenvalue weighted by Crippen LogP contribution is 2.22. The number of hydrogen-bond donors (Lipinski definition) is 1. The Labute approximate surface area is 169 Å². The Balaban J connectivity index is 1.42. The molecule has 1 saturated heterocycles. The van der Waals surface area contributed by atoms with Gasteiger partial charge in [0.05, 0.1) is 5.69 Å². The van der Waals surface area contributed by atoms with Crippen molar-refractivity contribution < 1.29 is 8.78 Å². The normalized spacial score (nSPS) is 17.4. The van der Waals surface area contributed by atoms with E-state index in [9.17, 15) is 8.78 Å². The zero-order chi connectivity index (χ0) is 20.2. The summed E-state index contributed by atoms with van der Waals surface area (Å²) in [5.41, 5.74) is 0.321. The van der Waals surface area contributed by atoms with Crippen LogP contribution >= 0.6 is 0 Å². The molecule has 0 unspecified atom stereocenters. The van der Waals surface area contributed by atoms with Gasteiger partial charge in [0.25, 0.3) is 0 Å². The fourth-order valence-corrected chi connectivity index (χ4v) is 3.94. The molecule has 0 aliphatic carbocycles. The standard InChI is InChI=1S/C20H27F2N7/c1-2-23-20(24-14-19-26-25-18-5-3-4-8-29(18)19)28-11-9-27(10-12-28)17-13-15(21)6-7-16(17)22/h6-7,13H,2-5,8-12,14H2,1H3,(H,23,24). The van der Waals surface area contributed by atoms with Gasteiger partial charge in [-0.05, 0) is 31.9 Å². The lowest BCUT2D eigenvalue weighted by atomic mass is 10.2. The molecule has 1 aromatic heterocycles. The summed E-state index contributed by atoms with van der Waals surface area (Å²) in [6, 6.07) is 3.59. The fourth-order valence-electron chi connectivity index (χ4n) is 3.94. The summed E-state index contributed by atoms with van der Waals surface area (Å²) in [6.07, 6.45) is 3.30. The van der Waals surface area contributed by atoms with Crippen LogP contribution in [0.4, 0.5) is 14.5 Å². The molecule has 9 heteroatoms. The summed E-state index contributed by atoms with van der Waals surface area (Å²) in [4.78, 5) is 8.81. The van der Waals surface area contributed by atoms with Crippen LogP contribution in [0.15, 0.2) is 23.2 Å². The Hall–Kier alpha value is -2.71. The quantitative estimate of drug-likeness (QED) is 0.626. The smallest absolute Gasteiger partial charge is 0.194 e. The van der Waals surface area contributed by atoms with Crippen molar-refractivity contribution in [3.8, 4) is 0 Å². The van der Waals surface area contributed by atoms with E-state index in [4.69, 9.17) is 4.99 Å². The number of fused-ring (bicyclic) bond motifs is 1. The maximum absolute atomic E-state index is 14.1. The molecule has 3 heterocycles. The lowest BCUT2D eigenvalue weighted by molar-refractivity contribution is 0.370. The highest BCUT2D eigenvalue weighted by molar-refractivity contribution is 5.80. The van der Waals surface area contributed by atoms with Crippen molar-refractivity contribution in [3.63, 3.8) is 0 Å². The Bertz CT molecular complexity index is 872. The highest BCUT2D eigenvalue weighted by atomic mass is 19.1. The van der Waals surface area contributed by atoms with Crippen LogP contribution in [0.2, 0.25) is 0 Å². The van der Waals surface area contributed by atoms with E-state index in [0.717, 1.165) is 49.6 Å². The summed E-state index contributed by atoms with van der Waals surface area (Å²) < 4.78 is 29.8. The van der Waals surface area contributed by atoms with Gasteiger partial charge in [-0.1, -0.05) is 0 Å². The van der Waals surface area contributed by atoms with E-state index in [1.54, 1.807) is 0 Å². The zero-order valence-corrected chi connectivity index (χ0v) is 16.7. The van der Waals surface area contributed by atoms with Gasteiger partial charge in [-0.25, -0.2) is 13.8 Å². The molecule has 4 rings (SSSR count). The first-order valence-corrected chi connectivity index (χ1v) is 10.3. The largest absolute Gasteiger partial charge is 0.366 e. The number of guanidine groups is 1. The molecule has 1 aromatic carbocycles. The summed E-state index contributed by atoms with van der Waals surface area (Å²) in [5.74, 6) is 1.96. The van der Waals surface area contributed by atoms with Gasteiger partial charge in [0, 0.05) is 51.8 Å². The summed E-state index contributed by atoms with van der Waals surface area (Å²) in [5, 5.41) is 11.9. The van der Waals surface area contributed by atoms with Gasteiger partial charge in [-0.3, -0.25) is 0 Å². The molecule has 0 atom stereocenters. The highest BCUT2D eigenvalue weighted by Gasteiger charge is 2.22. The molecule has 1 N–H and O–H groups in total. The van der Waals surface area contributed by atoms with Crippen LogP contribution in [-0.2, 0) is 19.5 Å². The number of anilines is 1. The molecule has 1 fully saturated rings. The van der Waals surface area contributed by atoms with Crippen molar-refractivity contribution in [2.24, 2.45) is 4.99 Å². The van der Waals surface area contributed by atoms with Crippen molar-refractivity contribution in [2.45, 2.75) is 39.3 Å². The van der Waals surface area contributed by atoms with E-state index >= 15 is 0 Å². The monoisotopic (exact) mass is 403 g/mol. The molecule has 7 nitrogen and oxygen atoms in total. The van der Waals surface area contributed by atoms with E-state index in [1.807, 2.05) is 11.8 Å². The number of piperazine rings is 1. The van der Waals surface area contributed by atoms with Crippen molar-refractivity contribution in [1.29, 1.82) is 0 Å². The topological polar surface area (TPSA) is 61.6 Å². The van der Waals surface area contributed by atoms with Crippen molar-refractivity contribution in [1.82, 2.24) is 25.0 Å². The predicted molar refractivity (Wildman–Crippen MR) is 108 cm³/mol. The Morgan fingerprint density at radius 3 is 2.72 bits per heavy atom. The number of aliphatic imine (C=N–C) groups is 1. The first-order chi connectivity index (χ1) is 14.2. The number of nitrogens with one attached hydrogen (secondary N) is 1. The third-order valence-electron chi connectivity index (χ3n) is 5.47. The van der Waals surface area contributed by atoms with E-state index < -0.39 is 11.6 Å². The second kappa shape index (κ2) is 8.75. The zero-order valence-electron chi connectivity index (χ0n) is 16.7. The molecule has 0 saturated carbocycles. The average Bonchev–Trinajstić information content (AvgIpc) is 3.16. The molecule has 2 aromatic rings. The minimum absolute atomic E-state index is 0.321. The molecule has 29 heavy (non-hydrogen) atoms. The first kappa shape index (κ1) is 19.6. The number of nitrogens with zero attached hydrogens (tertiary/aromatic N) is 6. The second-order valence-electron chi connectivity index (χ2n) is 7.38. The van der Waals surface area contributed by atoms with Gasteiger partial charge in [0.1, 0.15) is 24.0 Å². The van der Waals surface area contributed by atoms with E-state index in [-0.39, 0.29) is 0 Å². The van der Waals surface area contributed by atoms with Crippen LogP contribution in [-0.4, -0.2) is 58.3 Å². The summed E-state index contributed by atoms with van der Waals surface area (Å²) >= 11 is 0. The van der Waals surface area contributed by atoms with Crippen LogP contribution in [0.25, 0.3) is 0 Å². The third kappa shape index (κ3) is 4.33. The molecule has 156 valence electrons. The third-order valence-corrected chi connectivity index (χ3v) is 5.47. The molecule has 0 radical (unpaired) electrons. The van der Waals surface area contributed by atoms with Crippen LogP contribution in [0.5, 0.6) is 0 Å². The van der Waals surface area contributed by atoms with Crippen molar-refractivity contribution in [2.75, 3.05) is 37.6 Å². The number of benzene rings is 1. The average molecular weight is 403 g/mol. The lowest BCUT2D eigenvalue weighted by Crippen LogP contribution is -2.52. The molecule has 0 amide bonds. The van der Waals surface area contributed by atoms with Crippen LogP contribution < -0.4 is 10.2 Å². The minimum atomic E-state index is -0.421. The maximum Gasteiger partial charge on any atom is 0.194 e. The Morgan fingerprint density at radius 1 is 1.10 bits per heavy atom. The first-order valence-electron chi connectivity index (χ1n) is 10.3. The number of halogens is 2. The van der Waals surface area contributed by atoms with Crippen LogP contribution in [0, 0.1) is 11.6 Å². The summed E-state index contributed by atoms with van der Waals surface area (Å²) in [7, 11) is 0. The number of hydrogen-bond acceptors (Lipinski definition) is 4. The van der Waals surface area contributed by atoms with Gasteiger partial charge in [-0.15, -0.1) is 10.2 Å². The van der Waals surface area contributed by atoms with Crippen molar-refractivity contribution >= 4 is 11.6 Å². The van der Waals surface area contributed by atoms with Crippen LogP contribution in [0.1, 0.15) is 31.4 Å². The number of rotatable bonds is 4. The Morgan fingerprint density at radius 2 is 1.93 bits per heavy atom. The van der Waals surface area contributed by atoms with E-state index in [1.165, 1.54) is 18.6 Å². The van der Waals surface area contributed by atoms with Gasteiger partial charge in [-0.2, -0.15) is 0 Å². The molecular weight excluding hydrogens is 376 g/mol. The van der Waals surface area contributed by atoms with Gasteiger partial charge >= 0.3 is 0 Å². The molecule has 2 aliphatic rings.